The van der Waals surface area contributed by atoms with Gasteiger partial charge in [-0.05, 0) is 69.2 Å². The van der Waals surface area contributed by atoms with Crippen LogP contribution in [0.3, 0.4) is 0 Å². The summed E-state index contributed by atoms with van der Waals surface area (Å²) in [6.45, 7) is 8.32. The fraction of sp³-hybridized carbons (Fsp3) is 0.577. The van der Waals surface area contributed by atoms with Gasteiger partial charge in [0.25, 0.3) is 0 Å². The van der Waals surface area contributed by atoms with E-state index in [0.717, 1.165) is 29.2 Å². The SMILES string of the molecule is CN1CCC[C@H]1COc1nc(N2CCN(C(=O)OC(C)(C)C)[C@@H](CC#N)C2)c2c(cc(Br)c3cnoc32)n1. The molecule has 1 aromatic carbocycles. The summed E-state index contributed by atoms with van der Waals surface area (Å²) in [5.74, 6) is 0.630. The van der Waals surface area contributed by atoms with Crippen LogP contribution in [0.15, 0.2) is 21.3 Å². The Labute approximate surface area is 229 Å². The van der Waals surface area contributed by atoms with E-state index in [2.05, 4.69) is 44.0 Å². The smallest absolute Gasteiger partial charge is 0.410 e. The molecule has 11 nitrogen and oxygen atoms in total. The van der Waals surface area contributed by atoms with E-state index in [4.69, 9.17) is 24.0 Å². The molecule has 12 heteroatoms. The Morgan fingerprint density at radius 3 is 2.79 bits per heavy atom. The van der Waals surface area contributed by atoms with E-state index in [9.17, 15) is 10.1 Å². The molecular formula is C26H32BrN7O4. The number of nitrogens with zero attached hydrogens (tertiary/aromatic N) is 7. The van der Waals surface area contributed by atoms with Gasteiger partial charge in [-0.25, -0.2) is 4.79 Å². The second-order valence-electron chi connectivity index (χ2n) is 10.9. The number of rotatable bonds is 5. The molecule has 202 valence electrons. The van der Waals surface area contributed by atoms with Crippen molar-refractivity contribution in [1.82, 2.24) is 24.9 Å². The maximum absolute atomic E-state index is 12.9. The van der Waals surface area contributed by atoms with Crippen molar-refractivity contribution in [2.75, 3.05) is 44.7 Å². The second kappa shape index (κ2) is 10.5. The highest BCUT2D eigenvalue weighted by Gasteiger charge is 2.35. The number of likely N-dealkylation sites (tertiary alicyclic amines) is 1. The molecule has 2 atom stereocenters. The molecule has 2 aliphatic rings. The Bertz CT molecular complexity index is 1380. The number of halogens is 1. The summed E-state index contributed by atoms with van der Waals surface area (Å²) in [5, 5.41) is 15.1. The summed E-state index contributed by atoms with van der Waals surface area (Å²) in [6.07, 6.45) is 3.62. The number of piperazine rings is 1. The Kier molecular flexibility index (Phi) is 7.33. The quantitative estimate of drug-likeness (QED) is 0.427. The predicted octanol–water partition coefficient (Wildman–Crippen LogP) is 4.35. The number of nitriles is 1. The number of likely N-dealkylation sites (N-methyl/N-ethyl adjacent to an activating group) is 1. The van der Waals surface area contributed by atoms with Crippen LogP contribution in [-0.4, -0.2) is 88.5 Å². The molecule has 0 spiro atoms. The summed E-state index contributed by atoms with van der Waals surface area (Å²) in [7, 11) is 2.10. The largest absolute Gasteiger partial charge is 0.462 e. The van der Waals surface area contributed by atoms with Gasteiger partial charge in [-0.3, -0.25) is 0 Å². The molecule has 2 fully saturated rings. The summed E-state index contributed by atoms with van der Waals surface area (Å²) in [5.41, 5.74) is 0.601. The van der Waals surface area contributed by atoms with Gasteiger partial charge in [-0.2, -0.15) is 15.2 Å². The van der Waals surface area contributed by atoms with Crippen LogP contribution in [0.25, 0.3) is 21.9 Å². The zero-order chi connectivity index (χ0) is 27.0. The maximum atomic E-state index is 12.9. The van der Waals surface area contributed by atoms with Crippen LogP contribution in [0.4, 0.5) is 10.6 Å². The van der Waals surface area contributed by atoms with Gasteiger partial charge in [0.05, 0.1) is 41.0 Å². The molecule has 2 aliphatic heterocycles. The lowest BCUT2D eigenvalue weighted by atomic mass is 10.1. The van der Waals surface area contributed by atoms with E-state index in [1.807, 2.05) is 26.8 Å². The number of hydrogen-bond acceptors (Lipinski definition) is 10. The molecule has 0 bridgehead atoms. The summed E-state index contributed by atoms with van der Waals surface area (Å²) < 4.78 is 18.2. The van der Waals surface area contributed by atoms with Crippen LogP contribution < -0.4 is 9.64 Å². The molecule has 5 rings (SSSR count). The van der Waals surface area contributed by atoms with Gasteiger partial charge in [0.15, 0.2) is 5.58 Å². The van der Waals surface area contributed by atoms with Crippen LogP contribution in [0.1, 0.15) is 40.0 Å². The lowest BCUT2D eigenvalue weighted by molar-refractivity contribution is 0.0145. The highest BCUT2D eigenvalue weighted by Crippen LogP contribution is 2.38. The van der Waals surface area contributed by atoms with Crippen molar-refractivity contribution in [3.05, 3.63) is 16.7 Å². The second-order valence-corrected chi connectivity index (χ2v) is 11.7. The Morgan fingerprint density at radius 2 is 2.08 bits per heavy atom. The Hall–Kier alpha value is -3.17. The third kappa shape index (κ3) is 5.35. The van der Waals surface area contributed by atoms with Crippen LogP contribution in [0, 0.1) is 11.3 Å². The van der Waals surface area contributed by atoms with Crippen molar-refractivity contribution in [3.8, 4) is 12.1 Å². The number of hydrogen-bond donors (Lipinski definition) is 0. The zero-order valence-electron chi connectivity index (χ0n) is 22.1. The van der Waals surface area contributed by atoms with Crippen LogP contribution in [0.5, 0.6) is 6.01 Å². The standard InChI is InChI=1S/C26H32BrN7O4/c1-26(2,3)37-25(35)34-11-10-33(14-16(34)7-8-28)23-21-20(12-19(27)18-13-29-38-22(18)21)30-24(31-23)36-15-17-6-5-9-32(17)4/h12-13,16-17H,5-7,9-11,14-15H2,1-4H3/t16-,17-/m0/s1. The molecule has 38 heavy (non-hydrogen) atoms. The van der Waals surface area contributed by atoms with E-state index in [-0.39, 0.29) is 18.5 Å². The summed E-state index contributed by atoms with van der Waals surface area (Å²) in [4.78, 5) is 28.5. The average molecular weight is 586 g/mol. The van der Waals surface area contributed by atoms with Crippen molar-refractivity contribution in [2.24, 2.45) is 0 Å². The van der Waals surface area contributed by atoms with Crippen molar-refractivity contribution in [2.45, 2.75) is 57.7 Å². The Morgan fingerprint density at radius 1 is 1.26 bits per heavy atom. The first-order valence-electron chi connectivity index (χ1n) is 12.8. The van der Waals surface area contributed by atoms with Crippen LogP contribution >= 0.6 is 15.9 Å². The highest BCUT2D eigenvalue weighted by molar-refractivity contribution is 9.10. The minimum atomic E-state index is -0.626. The van der Waals surface area contributed by atoms with Crippen molar-refractivity contribution in [1.29, 1.82) is 5.26 Å². The Balaban J connectivity index is 1.51. The van der Waals surface area contributed by atoms with E-state index in [1.54, 1.807) is 11.1 Å². The normalized spacial score (nSPS) is 20.7. The molecule has 0 N–H and O–H groups in total. The lowest BCUT2D eigenvalue weighted by Gasteiger charge is -2.41. The molecule has 0 radical (unpaired) electrons. The molecule has 0 unspecified atom stereocenters. The van der Waals surface area contributed by atoms with E-state index >= 15 is 0 Å². The minimum absolute atomic E-state index is 0.166. The molecule has 2 saturated heterocycles. The highest BCUT2D eigenvalue weighted by atomic mass is 79.9. The van der Waals surface area contributed by atoms with E-state index < -0.39 is 11.7 Å². The third-order valence-corrected chi connectivity index (χ3v) is 7.69. The van der Waals surface area contributed by atoms with Crippen LogP contribution in [0.2, 0.25) is 0 Å². The van der Waals surface area contributed by atoms with E-state index in [1.165, 1.54) is 0 Å². The van der Waals surface area contributed by atoms with Gasteiger partial charge in [-0.1, -0.05) is 5.16 Å². The predicted molar refractivity (Wildman–Crippen MR) is 145 cm³/mol. The number of benzene rings is 1. The molecule has 4 heterocycles. The number of ether oxygens (including phenoxy) is 2. The molecular weight excluding hydrogens is 554 g/mol. The number of aromatic nitrogens is 3. The molecule has 0 aliphatic carbocycles. The monoisotopic (exact) mass is 585 g/mol. The maximum Gasteiger partial charge on any atom is 0.410 e. The van der Waals surface area contributed by atoms with E-state index in [0.29, 0.717) is 54.6 Å². The van der Waals surface area contributed by atoms with Gasteiger partial charge >= 0.3 is 12.1 Å². The van der Waals surface area contributed by atoms with Crippen molar-refractivity contribution < 1.29 is 18.8 Å². The lowest BCUT2D eigenvalue weighted by Crippen LogP contribution is -2.56. The fourth-order valence-electron chi connectivity index (χ4n) is 5.10. The third-order valence-electron chi connectivity index (χ3n) is 7.03. The van der Waals surface area contributed by atoms with Gasteiger partial charge in [0, 0.05) is 30.1 Å². The van der Waals surface area contributed by atoms with Gasteiger partial charge in [-0.15, -0.1) is 0 Å². The van der Waals surface area contributed by atoms with Crippen LogP contribution in [-0.2, 0) is 4.74 Å². The average Bonchev–Trinajstić information content (AvgIpc) is 3.51. The number of fused-ring (bicyclic) bond motifs is 3. The summed E-state index contributed by atoms with van der Waals surface area (Å²) >= 11 is 3.61. The van der Waals surface area contributed by atoms with Crippen molar-refractivity contribution in [3.63, 3.8) is 0 Å². The van der Waals surface area contributed by atoms with Crippen molar-refractivity contribution >= 4 is 49.7 Å². The topological polar surface area (TPSA) is 121 Å². The molecule has 3 aromatic rings. The minimum Gasteiger partial charge on any atom is -0.462 e. The number of carbonyl (C=O) groups is 1. The molecule has 1 amide bonds. The first-order valence-corrected chi connectivity index (χ1v) is 13.6. The molecule has 0 saturated carbocycles. The summed E-state index contributed by atoms with van der Waals surface area (Å²) in [6, 6.07) is 4.37. The number of carbonyl (C=O) groups excluding carboxylic acids is 1. The first kappa shape index (κ1) is 26.4. The van der Waals surface area contributed by atoms with Gasteiger partial charge < -0.3 is 28.7 Å². The number of anilines is 1. The van der Waals surface area contributed by atoms with Gasteiger partial charge in [0.2, 0.25) is 0 Å². The number of amides is 1. The fourth-order valence-corrected chi connectivity index (χ4v) is 5.60. The van der Waals surface area contributed by atoms with Gasteiger partial charge in [0.1, 0.15) is 18.0 Å². The molecule has 2 aromatic heterocycles. The first-order chi connectivity index (χ1) is 18.1. The zero-order valence-corrected chi connectivity index (χ0v) is 23.7.